The Morgan fingerprint density at radius 1 is 1.11 bits per heavy atom. The van der Waals surface area contributed by atoms with Crippen molar-refractivity contribution in [3.63, 3.8) is 0 Å². The molecule has 4 heterocycles. The van der Waals surface area contributed by atoms with E-state index in [1.54, 1.807) is 16.9 Å². The molecule has 1 aliphatic heterocycles. The van der Waals surface area contributed by atoms with Gasteiger partial charge in [-0.25, -0.2) is 26.2 Å². The van der Waals surface area contributed by atoms with E-state index in [0.717, 1.165) is 23.9 Å². The topological polar surface area (TPSA) is 163 Å². The molecule has 0 spiro atoms. The number of halogens is 3. The van der Waals surface area contributed by atoms with Crippen LogP contribution in [0.2, 0.25) is 5.02 Å². The highest BCUT2D eigenvalue weighted by Crippen LogP contribution is 2.31. The van der Waals surface area contributed by atoms with Crippen LogP contribution >= 0.6 is 11.6 Å². The molecule has 6 rings (SSSR count). The fourth-order valence-corrected chi connectivity index (χ4v) is 6.29. The van der Waals surface area contributed by atoms with Crippen molar-refractivity contribution in [1.82, 2.24) is 34.3 Å². The molecule has 0 radical (unpaired) electrons. The van der Waals surface area contributed by atoms with E-state index in [1.807, 2.05) is 13.0 Å². The normalized spacial score (nSPS) is 14.5. The molecule has 2 aromatic carbocycles. The number of hydrogen-bond acceptors (Lipinski definition) is 9. The number of amides is 1. The summed E-state index contributed by atoms with van der Waals surface area (Å²) in [6, 6.07) is 9.27. The van der Waals surface area contributed by atoms with Crippen LogP contribution in [0.15, 0.2) is 48.7 Å². The molecule has 0 aliphatic carbocycles. The number of carbonyl (C=O) groups is 1. The summed E-state index contributed by atoms with van der Waals surface area (Å²) in [6.07, 6.45) is 3.99. The minimum atomic E-state index is -3.29. The zero-order valence-electron chi connectivity index (χ0n) is 24.7. The van der Waals surface area contributed by atoms with Crippen molar-refractivity contribution < 1.29 is 22.0 Å². The number of nitrogens with zero attached hydrogens (tertiary/aromatic N) is 6. The summed E-state index contributed by atoms with van der Waals surface area (Å²) in [6.45, 7) is 2.80. The highest BCUT2D eigenvalue weighted by Gasteiger charge is 2.28. The number of aryl methyl sites for hydroxylation is 1. The third-order valence-corrected chi connectivity index (χ3v) is 9.18. The first-order chi connectivity index (χ1) is 21.9. The van der Waals surface area contributed by atoms with Gasteiger partial charge < -0.3 is 16.0 Å². The Kier molecular flexibility index (Phi) is 8.59. The minimum Gasteiger partial charge on any atom is -0.350 e. The molecule has 1 fully saturated rings. The molecule has 0 unspecified atom stereocenters. The van der Waals surface area contributed by atoms with Crippen LogP contribution in [-0.4, -0.2) is 67.9 Å². The molecule has 0 saturated carbocycles. The maximum absolute atomic E-state index is 14.1. The molecular formula is C29H29ClF2N10O3S. The van der Waals surface area contributed by atoms with Crippen LogP contribution in [0.5, 0.6) is 0 Å². The fraction of sp³-hybridized carbons (Fsp3) is 0.276. The van der Waals surface area contributed by atoms with Crippen molar-refractivity contribution in [2.45, 2.75) is 32.4 Å². The van der Waals surface area contributed by atoms with Crippen molar-refractivity contribution >= 4 is 61.8 Å². The standard InChI is InChI=1S/C29H29ClF2N10O3S/c1-16-11-25(40-39-16)36-26-21-15-34-42(19-7-9-41(10-8-19)46(2,44)45)27(21)38-29(37-26)33-14-17-3-5-22(30)20(12-17)28(43)35-24-13-18(31)4-6-23(24)32/h3-6,11-13,15,19H,7-10,14H2,1-2H3,(H,35,43)(H3,33,36,37,38,39,40). The Morgan fingerprint density at radius 3 is 2.61 bits per heavy atom. The number of fused-ring (bicyclic) bond motifs is 1. The number of aromatic amines is 1. The van der Waals surface area contributed by atoms with E-state index >= 15 is 0 Å². The number of carbonyl (C=O) groups excluding carboxylic acids is 1. The molecule has 1 saturated heterocycles. The number of benzene rings is 2. The lowest BCUT2D eigenvalue weighted by Gasteiger charge is -2.30. The van der Waals surface area contributed by atoms with Crippen molar-refractivity contribution in [3.8, 4) is 0 Å². The van der Waals surface area contributed by atoms with E-state index in [1.165, 1.54) is 22.7 Å². The Balaban J connectivity index is 1.26. The van der Waals surface area contributed by atoms with Crippen LogP contribution in [0.3, 0.4) is 0 Å². The second-order valence-electron chi connectivity index (χ2n) is 10.9. The molecule has 3 aromatic heterocycles. The largest absolute Gasteiger partial charge is 0.350 e. The first-order valence-corrected chi connectivity index (χ1v) is 16.5. The molecular weight excluding hydrogens is 642 g/mol. The lowest BCUT2D eigenvalue weighted by molar-refractivity contribution is 0.102. The third-order valence-electron chi connectivity index (χ3n) is 7.55. The van der Waals surface area contributed by atoms with Crippen LogP contribution in [-0.2, 0) is 16.6 Å². The average Bonchev–Trinajstić information content (AvgIpc) is 3.64. The van der Waals surface area contributed by atoms with Crippen LogP contribution in [0, 0.1) is 18.6 Å². The number of sulfonamides is 1. The number of H-pyrrole nitrogens is 1. The highest BCUT2D eigenvalue weighted by molar-refractivity contribution is 7.88. The fourth-order valence-electron chi connectivity index (χ4n) is 5.21. The van der Waals surface area contributed by atoms with Gasteiger partial charge in [0.25, 0.3) is 5.91 Å². The van der Waals surface area contributed by atoms with E-state index in [9.17, 15) is 22.0 Å². The summed E-state index contributed by atoms with van der Waals surface area (Å²) in [4.78, 5) is 22.3. The first kappa shape index (κ1) is 31.3. The van der Waals surface area contributed by atoms with E-state index in [0.29, 0.717) is 54.2 Å². The van der Waals surface area contributed by atoms with E-state index in [2.05, 4.69) is 36.2 Å². The molecule has 1 amide bonds. The maximum Gasteiger partial charge on any atom is 0.257 e. The average molecular weight is 671 g/mol. The zero-order chi connectivity index (χ0) is 32.6. The van der Waals surface area contributed by atoms with Crippen molar-refractivity contribution in [2.75, 3.05) is 35.3 Å². The molecule has 46 heavy (non-hydrogen) atoms. The number of hydrogen-bond donors (Lipinski definition) is 4. The third kappa shape index (κ3) is 6.78. The second-order valence-corrected chi connectivity index (χ2v) is 13.3. The maximum atomic E-state index is 14.1. The van der Waals surface area contributed by atoms with E-state index in [4.69, 9.17) is 16.6 Å². The van der Waals surface area contributed by atoms with Gasteiger partial charge >= 0.3 is 0 Å². The van der Waals surface area contributed by atoms with Gasteiger partial charge in [0.1, 0.15) is 17.5 Å². The van der Waals surface area contributed by atoms with Gasteiger partial charge in [0.05, 0.1) is 40.2 Å². The van der Waals surface area contributed by atoms with Crippen LogP contribution in [0.1, 0.15) is 40.5 Å². The molecule has 13 nitrogen and oxygen atoms in total. The van der Waals surface area contributed by atoms with Crippen molar-refractivity contribution in [2.24, 2.45) is 0 Å². The van der Waals surface area contributed by atoms with Gasteiger partial charge in [-0.3, -0.25) is 9.89 Å². The lowest BCUT2D eigenvalue weighted by atomic mass is 10.1. The number of rotatable bonds is 9. The molecule has 240 valence electrons. The molecule has 1 aliphatic rings. The Morgan fingerprint density at radius 2 is 1.89 bits per heavy atom. The second kappa shape index (κ2) is 12.6. The van der Waals surface area contributed by atoms with Gasteiger partial charge in [0, 0.05) is 37.5 Å². The molecule has 0 atom stereocenters. The van der Waals surface area contributed by atoms with Crippen LogP contribution in [0.25, 0.3) is 11.0 Å². The number of piperidine rings is 1. The number of aromatic nitrogens is 6. The Bertz CT molecular complexity index is 2040. The molecule has 4 N–H and O–H groups in total. The van der Waals surface area contributed by atoms with Crippen LogP contribution < -0.4 is 16.0 Å². The van der Waals surface area contributed by atoms with E-state index in [-0.39, 0.29) is 34.8 Å². The highest BCUT2D eigenvalue weighted by atomic mass is 35.5. The summed E-state index contributed by atoms with van der Waals surface area (Å²) < 4.78 is 55.1. The quantitative estimate of drug-likeness (QED) is 0.169. The SMILES string of the molecule is Cc1cc(Nc2nc(NCc3ccc(Cl)c(C(=O)Nc4cc(F)ccc4F)c3)nc3c2cnn3C2CCN(S(C)(=O)=O)CC2)n[nH]1. The predicted molar refractivity (Wildman–Crippen MR) is 170 cm³/mol. The van der Waals surface area contributed by atoms with Gasteiger partial charge in [0.15, 0.2) is 11.5 Å². The minimum absolute atomic E-state index is 0.0655. The van der Waals surface area contributed by atoms with Gasteiger partial charge in [-0.1, -0.05) is 17.7 Å². The monoisotopic (exact) mass is 670 g/mol. The van der Waals surface area contributed by atoms with Gasteiger partial charge in [-0.05, 0) is 49.6 Å². The Labute approximate surface area is 267 Å². The van der Waals surface area contributed by atoms with Gasteiger partial charge in [-0.15, -0.1) is 0 Å². The van der Waals surface area contributed by atoms with Crippen LogP contribution in [0.4, 0.5) is 32.1 Å². The molecule has 5 aromatic rings. The summed E-state index contributed by atoms with van der Waals surface area (Å²) >= 11 is 6.29. The van der Waals surface area contributed by atoms with Crippen molar-refractivity contribution in [3.05, 3.63) is 82.1 Å². The molecule has 0 bridgehead atoms. The lowest BCUT2D eigenvalue weighted by Crippen LogP contribution is -2.38. The Hall–Kier alpha value is -4.67. The van der Waals surface area contributed by atoms with E-state index < -0.39 is 27.6 Å². The number of anilines is 4. The van der Waals surface area contributed by atoms with Crippen molar-refractivity contribution in [1.29, 1.82) is 0 Å². The predicted octanol–water partition coefficient (Wildman–Crippen LogP) is 4.99. The number of nitrogens with one attached hydrogen (secondary N) is 4. The summed E-state index contributed by atoms with van der Waals surface area (Å²) in [7, 11) is -3.29. The van der Waals surface area contributed by atoms with Gasteiger partial charge in [0.2, 0.25) is 16.0 Å². The molecule has 17 heteroatoms. The van der Waals surface area contributed by atoms with Gasteiger partial charge in [-0.2, -0.15) is 20.2 Å². The summed E-state index contributed by atoms with van der Waals surface area (Å²) in [5, 5.41) is 21.2. The summed E-state index contributed by atoms with van der Waals surface area (Å²) in [5.41, 5.74) is 1.78. The smallest absolute Gasteiger partial charge is 0.257 e. The first-order valence-electron chi connectivity index (χ1n) is 14.2. The zero-order valence-corrected chi connectivity index (χ0v) is 26.3. The summed E-state index contributed by atoms with van der Waals surface area (Å²) in [5.74, 6) is -0.950.